The molecule has 0 fully saturated rings. The van der Waals surface area contributed by atoms with E-state index in [1.807, 2.05) is 6.92 Å². The van der Waals surface area contributed by atoms with Gasteiger partial charge in [-0.3, -0.25) is 9.89 Å². The van der Waals surface area contributed by atoms with Gasteiger partial charge in [-0.15, -0.1) is 0 Å². The second-order valence-electron chi connectivity index (χ2n) is 4.98. The van der Waals surface area contributed by atoms with Crippen LogP contribution in [0.25, 0.3) is 0 Å². The maximum atomic E-state index is 12.0. The number of nitrogens with zero attached hydrogens (tertiary/aromatic N) is 1. The molecule has 1 aromatic heterocycles. The summed E-state index contributed by atoms with van der Waals surface area (Å²) in [4.78, 5) is 12.0. The number of aromatic nitrogens is 2. The molecule has 0 spiro atoms. The van der Waals surface area contributed by atoms with Crippen molar-refractivity contribution in [3.8, 4) is 0 Å². The third-order valence-electron chi connectivity index (χ3n) is 2.97. The molecule has 9 heteroatoms. The molecule has 0 saturated heterocycles. The standard InChI is InChI=1S/C14H19N5O3S/c1-10-7-12(19-18-10)9-14(20)17-11-3-2-4-13(8-11)23(21,22)16-6-5-15/h2-4,7-8,16H,5-6,9,15H2,1H3,(H,17,20)(H,18,19). The SMILES string of the molecule is Cc1cc(CC(=O)Nc2cccc(S(=O)(=O)NCCN)c2)n[nH]1. The number of carbonyl (C=O) groups excluding carboxylic acids is 1. The molecular weight excluding hydrogens is 318 g/mol. The fraction of sp³-hybridized carbons (Fsp3) is 0.286. The Hall–Kier alpha value is -2.23. The van der Waals surface area contributed by atoms with Crippen molar-refractivity contribution < 1.29 is 13.2 Å². The number of benzene rings is 1. The van der Waals surface area contributed by atoms with Crippen LogP contribution in [0.3, 0.4) is 0 Å². The van der Waals surface area contributed by atoms with Gasteiger partial charge in [0.1, 0.15) is 0 Å². The quantitative estimate of drug-likeness (QED) is 0.571. The third kappa shape index (κ3) is 4.88. The first-order chi connectivity index (χ1) is 10.9. The number of nitrogens with two attached hydrogens (primary N) is 1. The molecule has 1 amide bonds. The second kappa shape index (κ2) is 7.36. The van der Waals surface area contributed by atoms with Crippen LogP contribution in [0.4, 0.5) is 5.69 Å². The van der Waals surface area contributed by atoms with E-state index in [2.05, 4.69) is 20.2 Å². The van der Waals surface area contributed by atoms with Gasteiger partial charge in [0.15, 0.2) is 0 Å². The van der Waals surface area contributed by atoms with Crippen LogP contribution in [-0.2, 0) is 21.2 Å². The van der Waals surface area contributed by atoms with Crippen LogP contribution >= 0.6 is 0 Å². The highest BCUT2D eigenvalue weighted by Crippen LogP contribution is 2.15. The van der Waals surface area contributed by atoms with E-state index in [4.69, 9.17) is 5.73 Å². The number of hydrogen-bond acceptors (Lipinski definition) is 5. The predicted molar refractivity (Wildman–Crippen MR) is 86.3 cm³/mol. The van der Waals surface area contributed by atoms with Crippen molar-refractivity contribution in [3.05, 3.63) is 41.7 Å². The van der Waals surface area contributed by atoms with Gasteiger partial charge in [-0.2, -0.15) is 5.10 Å². The smallest absolute Gasteiger partial charge is 0.240 e. The van der Waals surface area contributed by atoms with Gasteiger partial charge < -0.3 is 11.1 Å². The van der Waals surface area contributed by atoms with Crippen LogP contribution in [0.2, 0.25) is 0 Å². The highest BCUT2D eigenvalue weighted by molar-refractivity contribution is 7.89. The Balaban J connectivity index is 2.06. The van der Waals surface area contributed by atoms with Crippen LogP contribution < -0.4 is 15.8 Å². The van der Waals surface area contributed by atoms with Crippen molar-refractivity contribution in [2.75, 3.05) is 18.4 Å². The van der Waals surface area contributed by atoms with Crippen LogP contribution in [-0.4, -0.2) is 37.6 Å². The van der Waals surface area contributed by atoms with E-state index in [1.165, 1.54) is 12.1 Å². The molecule has 5 N–H and O–H groups in total. The molecule has 8 nitrogen and oxygen atoms in total. The lowest BCUT2D eigenvalue weighted by atomic mass is 10.2. The van der Waals surface area contributed by atoms with E-state index in [0.717, 1.165) is 5.69 Å². The summed E-state index contributed by atoms with van der Waals surface area (Å²) >= 11 is 0. The first kappa shape index (κ1) is 17.1. The highest BCUT2D eigenvalue weighted by atomic mass is 32.2. The molecule has 23 heavy (non-hydrogen) atoms. The van der Waals surface area contributed by atoms with Crippen molar-refractivity contribution in [2.45, 2.75) is 18.2 Å². The molecule has 0 bridgehead atoms. The largest absolute Gasteiger partial charge is 0.329 e. The van der Waals surface area contributed by atoms with Crippen molar-refractivity contribution in [3.63, 3.8) is 0 Å². The zero-order valence-electron chi connectivity index (χ0n) is 12.7. The maximum absolute atomic E-state index is 12.0. The van der Waals surface area contributed by atoms with Gasteiger partial charge >= 0.3 is 0 Å². The number of hydrogen-bond donors (Lipinski definition) is 4. The molecule has 1 aromatic carbocycles. The maximum Gasteiger partial charge on any atom is 0.240 e. The van der Waals surface area contributed by atoms with Gasteiger partial charge in [-0.25, -0.2) is 13.1 Å². The number of aryl methyl sites for hydroxylation is 1. The lowest BCUT2D eigenvalue weighted by molar-refractivity contribution is -0.115. The monoisotopic (exact) mass is 337 g/mol. The Morgan fingerprint density at radius 1 is 1.35 bits per heavy atom. The third-order valence-corrected chi connectivity index (χ3v) is 4.42. The summed E-state index contributed by atoms with van der Waals surface area (Å²) in [6, 6.07) is 7.80. The minimum Gasteiger partial charge on any atom is -0.329 e. The number of H-pyrrole nitrogens is 1. The van der Waals surface area contributed by atoms with Crippen LogP contribution in [0.5, 0.6) is 0 Å². The summed E-state index contributed by atoms with van der Waals surface area (Å²) in [6.07, 6.45) is 0.104. The minimum atomic E-state index is -3.63. The van der Waals surface area contributed by atoms with Crippen molar-refractivity contribution in [1.82, 2.24) is 14.9 Å². The summed E-state index contributed by atoms with van der Waals surface area (Å²) in [5.41, 5.74) is 7.18. The Labute approximate surface area is 134 Å². The van der Waals surface area contributed by atoms with Crippen molar-refractivity contribution in [1.29, 1.82) is 0 Å². The van der Waals surface area contributed by atoms with Gasteiger partial charge in [0.05, 0.1) is 17.0 Å². The number of rotatable bonds is 7. The van der Waals surface area contributed by atoms with Crippen LogP contribution in [0.15, 0.2) is 35.2 Å². The highest BCUT2D eigenvalue weighted by Gasteiger charge is 2.14. The molecule has 1 heterocycles. The number of aromatic amines is 1. The number of nitrogens with one attached hydrogen (secondary N) is 3. The minimum absolute atomic E-state index is 0.0689. The van der Waals surface area contributed by atoms with Crippen LogP contribution in [0.1, 0.15) is 11.4 Å². The molecule has 0 aliphatic heterocycles. The summed E-state index contributed by atoms with van der Waals surface area (Å²) in [7, 11) is -3.63. The van der Waals surface area contributed by atoms with Crippen molar-refractivity contribution >= 4 is 21.6 Å². The van der Waals surface area contributed by atoms with E-state index >= 15 is 0 Å². The summed E-state index contributed by atoms with van der Waals surface area (Å²) in [6.45, 7) is 2.20. The average Bonchev–Trinajstić information content (AvgIpc) is 2.90. The normalized spacial score (nSPS) is 11.4. The topological polar surface area (TPSA) is 130 Å². The van der Waals surface area contributed by atoms with E-state index in [0.29, 0.717) is 11.4 Å². The van der Waals surface area contributed by atoms with Gasteiger partial charge in [-0.05, 0) is 31.2 Å². The van der Waals surface area contributed by atoms with Gasteiger partial charge in [0.2, 0.25) is 15.9 Å². The van der Waals surface area contributed by atoms with E-state index in [-0.39, 0.29) is 30.3 Å². The number of amides is 1. The molecule has 124 valence electrons. The average molecular weight is 337 g/mol. The zero-order valence-corrected chi connectivity index (χ0v) is 13.5. The van der Waals surface area contributed by atoms with E-state index < -0.39 is 10.0 Å². The van der Waals surface area contributed by atoms with Gasteiger partial charge in [-0.1, -0.05) is 6.07 Å². The molecular formula is C14H19N5O3S. The van der Waals surface area contributed by atoms with Gasteiger partial charge in [0, 0.05) is 24.5 Å². The fourth-order valence-corrected chi connectivity index (χ4v) is 3.05. The van der Waals surface area contributed by atoms with Crippen molar-refractivity contribution in [2.24, 2.45) is 5.73 Å². The van der Waals surface area contributed by atoms with Crippen LogP contribution in [0, 0.1) is 6.92 Å². The Kier molecular flexibility index (Phi) is 5.48. The lowest BCUT2D eigenvalue weighted by Gasteiger charge is -2.08. The summed E-state index contributed by atoms with van der Waals surface area (Å²) in [5, 5.41) is 9.40. The fourth-order valence-electron chi connectivity index (χ4n) is 1.95. The molecule has 0 saturated carbocycles. The first-order valence-corrected chi connectivity index (χ1v) is 8.49. The predicted octanol–water partition coefficient (Wildman–Crippen LogP) is 0.136. The Morgan fingerprint density at radius 2 is 2.13 bits per heavy atom. The molecule has 0 aliphatic carbocycles. The molecule has 0 unspecified atom stereocenters. The number of carbonyl (C=O) groups is 1. The molecule has 0 atom stereocenters. The molecule has 0 radical (unpaired) electrons. The lowest BCUT2D eigenvalue weighted by Crippen LogP contribution is -2.29. The summed E-state index contributed by atoms with van der Waals surface area (Å²) in [5.74, 6) is -0.277. The van der Waals surface area contributed by atoms with E-state index in [9.17, 15) is 13.2 Å². The molecule has 0 aliphatic rings. The zero-order chi connectivity index (χ0) is 16.9. The molecule has 2 aromatic rings. The Bertz CT molecular complexity index is 785. The first-order valence-electron chi connectivity index (χ1n) is 7.01. The van der Waals surface area contributed by atoms with Gasteiger partial charge in [0.25, 0.3) is 0 Å². The second-order valence-corrected chi connectivity index (χ2v) is 6.75. The van der Waals surface area contributed by atoms with E-state index in [1.54, 1.807) is 18.2 Å². The Morgan fingerprint density at radius 3 is 2.78 bits per heavy atom. The number of anilines is 1. The molecule has 2 rings (SSSR count). The number of sulfonamides is 1. The summed E-state index contributed by atoms with van der Waals surface area (Å²) < 4.78 is 26.4.